The lowest BCUT2D eigenvalue weighted by Gasteiger charge is -2.14. The third-order valence-corrected chi connectivity index (χ3v) is 5.39. The number of carbonyl (C=O) groups excluding carboxylic acids is 1. The lowest BCUT2D eigenvalue weighted by molar-refractivity contribution is 0.0795. The number of hydrogen-bond donors (Lipinski definition) is 1. The van der Waals surface area contributed by atoms with E-state index in [0.717, 1.165) is 28.3 Å². The number of nitrogens with two attached hydrogens (primary N) is 1. The maximum Gasteiger partial charge on any atom is 0.263 e. The van der Waals surface area contributed by atoms with E-state index in [2.05, 4.69) is 0 Å². The second-order valence-corrected chi connectivity index (χ2v) is 6.99. The molecular formula is C15H15Cl3N2OS. The summed E-state index contributed by atoms with van der Waals surface area (Å²) in [4.78, 5) is 15.9. The maximum absolute atomic E-state index is 12.4. The predicted molar refractivity (Wildman–Crippen MR) is 95.5 cm³/mol. The molecule has 0 spiro atoms. The quantitative estimate of drug-likeness (QED) is 0.847. The van der Waals surface area contributed by atoms with E-state index in [9.17, 15) is 4.79 Å². The van der Waals surface area contributed by atoms with Crippen LogP contribution in [0.5, 0.6) is 0 Å². The van der Waals surface area contributed by atoms with Crippen LogP contribution < -0.4 is 5.73 Å². The molecular weight excluding hydrogens is 363 g/mol. The average Bonchev–Trinajstić information content (AvgIpc) is 3.10. The number of hydrogen-bond acceptors (Lipinski definition) is 3. The van der Waals surface area contributed by atoms with Crippen LogP contribution in [0.2, 0.25) is 10.0 Å². The van der Waals surface area contributed by atoms with Gasteiger partial charge in [0.2, 0.25) is 0 Å². The van der Waals surface area contributed by atoms with E-state index in [4.69, 9.17) is 28.9 Å². The molecule has 3 nitrogen and oxygen atoms in total. The molecule has 0 unspecified atom stereocenters. The highest BCUT2D eigenvalue weighted by atomic mass is 35.5. The minimum Gasteiger partial charge on any atom is -0.336 e. The Kier molecular flexibility index (Phi) is 5.75. The summed E-state index contributed by atoms with van der Waals surface area (Å²) in [6, 6.07) is 9.38. The number of amides is 1. The molecule has 2 N–H and O–H groups in total. The number of benzene rings is 1. The van der Waals surface area contributed by atoms with E-state index in [0.29, 0.717) is 16.6 Å². The first kappa shape index (κ1) is 17.6. The monoisotopic (exact) mass is 376 g/mol. The summed E-state index contributed by atoms with van der Waals surface area (Å²) in [6.45, 7) is 1.37. The average molecular weight is 378 g/mol. The molecule has 118 valence electrons. The Balaban J connectivity index is 0.00000176. The Labute approximate surface area is 149 Å². The second kappa shape index (κ2) is 7.20. The third kappa shape index (κ3) is 3.58. The van der Waals surface area contributed by atoms with Gasteiger partial charge in [0.05, 0.1) is 14.9 Å². The molecule has 2 aromatic rings. The van der Waals surface area contributed by atoms with Crippen LogP contribution in [-0.4, -0.2) is 29.9 Å². The summed E-state index contributed by atoms with van der Waals surface area (Å²) in [5.41, 5.74) is 6.81. The first-order valence-electron chi connectivity index (χ1n) is 6.64. The molecule has 2 heterocycles. The van der Waals surface area contributed by atoms with Crippen molar-refractivity contribution in [3.8, 4) is 10.4 Å². The molecule has 0 aliphatic carbocycles. The Morgan fingerprint density at radius 1 is 1.23 bits per heavy atom. The Morgan fingerprint density at radius 3 is 2.64 bits per heavy atom. The number of likely N-dealkylation sites (tertiary alicyclic amines) is 1. The normalized spacial score (nSPS) is 17.4. The van der Waals surface area contributed by atoms with Crippen molar-refractivity contribution < 1.29 is 4.79 Å². The van der Waals surface area contributed by atoms with Gasteiger partial charge < -0.3 is 10.6 Å². The van der Waals surface area contributed by atoms with Crippen LogP contribution in [0.1, 0.15) is 16.1 Å². The van der Waals surface area contributed by atoms with E-state index in [-0.39, 0.29) is 24.4 Å². The van der Waals surface area contributed by atoms with Gasteiger partial charge in [0.15, 0.2) is 0 Å². The zero-order valence-corrected chi connectivity index (χ0v) is 14.7. The van der Waals surface area contributed by atoms with Crippen molar-refractivity contribution in [2.24, 2.45) is 5.73 Å². The summed E-state index contributed by atoms with van der Waals surface area (Å²) in [7, 11) is 0. The largest absolute Gasteiger partial charge is 0.336 e. The Hall–Kier alpha value is -0.780. The van der Waals surface area contributed by atoms with Crippen molar-refractivity contribution in [3.05, 3.63) is 45.3 Å². The minimum absolute atomic E-state index is 0. The van der Waals surface area contributed by atoms with Gasteiger partial charge in [0, 0.05) is 24.0 Å². The molecule has 1 aromatic heterocycles. The van der Waals surface area contributed by atoms with Crippen molar-refractivity contribution in [1.29, 1.82) is 0 Å². The van der Waals surface area contributed by atoms with Crippen molar-refractivity contribution in [3.63, 3.8) is 0 Å². The number of thiophene rings is 1. The number of carbonyl (C=O) groups is 1. The van der Waals surface area contributed by atoms with Gasteiger partial charge in [-0.15, -0.1) is 23.7 Å². The standard InChI is InChI=1S/C15H14Cl2N2OS.ClH/c16-11-2-1-9(7-12(11)17)13-3-4-14(21-13)15(20)19-6-5-10(18)8-19;/h1-4,7,10H,5-6,8,18H2;1H/t10-;/m1./s1. The third-order valence-electron chi connectivity index (χ3n) is 3.53. The van der Waals surface area contributed by atoms with Crippen LogP contribution in [0.4, 0.5) is 0 Å². The lowest BCUT2D eigenvalue weighted by Crippen LogP contribution is -2.31. The summed E-state index contributed by atoms with van der Waals surface area (Å²) >= 11 is 13.4. The van der Waals surface area contributed by atoms with Gasteiger partial charge in [-0.1, -0.05) is 29.3 Å². The van der Waals surface area contributed by atoms with E-state index >= 15 is 0 Å². The topological polar surface area (TPSA) is 46.3 Å². The smallest absolute Gasteiger partial charge is 0.263 e. The fraction of sp³-hybridized carbons (Fsp3) is 0.267. The van der Waals surface area contributed by atoms with Gasteiger partial charge in [-0.25, -0.2) is 0 Å². The van der Waals surface area contributed by atoms with Crippen molar-refractivity contribution in [1.82, 2.24) is 4.90 Å². The van der Waals surface area contributed by atoms with Crippen LogP contribution >= 0.6 is 46.9 Å². The van der Waals surface area contributed by atoms with E-state index in [1.807, 2.05) is 29.2 Å². The number of halogens is 3. The number of rotatable bonds is 2. The molecule has 22 heavy (non-hydrogen) atoms. The van der Waals surface area contributed by atoms with Crippen LogP contribution in [0.3, 0.4) is 0 Å². The molecule has 0 saturated carbocycles. The van der Waals surface area contributed by atoms with Crippen molar-refractivity contribution in [2.75, 3.05) is 13.1 Å². The molecule has 3 rings (SSSR count). The molecule has 1 amide bonds. The molecule has 1 saturated heterocycles. The molecule has 1 atom stereocenters. The van der Waals surface area contributed by atoms with Gasteiger partial charge in [-0.2, -0.15) is 0 Å². The van der Waals surface area contributed by atoms with Crippen LogP contribution in [0, 0.1) is 0 Å². The second-order valence-electron chi connectivity index (χ2n) is 5.09. The van der Waals surface area contributed by atoms with E-state index < -0.39 is 0 Å². The summed E-state index contributed by atoms with van der Waals surface area (Å²) in [6.07, 6.45) is 0.872. The first-order chi connectivity index (χ1) is 10.0. The first-order valence-corrected chi connectivity index (χ1v) is 8.22. The molecule has 1 fully saturated rings. The summed E-state index contributed by atoms with van der Waals surface area (Å²) in [5, 5.41) is 1.04. The lowest BCUT2D eigenvalue weighted by atomic mass is 10.2. The van der Waals surface area contributed by atoms with Crippen molar-refractivity contribution in [2.45, 2.75) is 12.5 Å². The highest BCUT2D eigenvalue weighted by Crippen LogP contribution is 2.33. The summed E-state index contributed by atoms with van der Waals surface area (Å²) < 4.78 is 0. The molecule has 7 heteroatoms. The van der Waals surface area contributed by atoms with Gasteiger partial charge in [0.1, 0.15) is 0 Å². The molecule has 1 aliphatic rings. The Morgan fingerprint density at radius 2 is 2.00 bits per heavy atom. The predicted octanol–water partition coefficient (Wildman–Crippen LogP) is 4.32. The zero-order chi connectivity index (χ0) is 15.0. The highest BCUT2D eigenvalue weighted by Gasteiger charge is 2.25. The van der Waals surface area contributed by atoms with Crippen molar-refractivity contribution >= 4 is 52.9 Å². The fourth-order valence-electron chi connectivity index (χ4n) is 2.38. The fourth-order valence-corrected chi connectivity index (χ4v) is 3.65. The molecule has 1 aromatic carbocycles. The van der Waals surface area contributed by atoms with E-state index in [1.54, 1.807) is 6.07 Å². The minimum atomic E-state index is 0. The van der Waals surface area contributed by atoms with Gasteiger partial charge in [-0.3, -0.25) is 4.79 Å². The Bertz CT molecular complexity index is 689. The van der Waals surface area contributed by atoms with E-state index in [1.165, 1.54) is 11.3 Å². The highest BCUT2D eigenvalue weighted by molar-refractivity contribution is 7.17. The molecule has 0 bridgehead atoms. The molecule has 0 radical (unpaired) electrons. The van der Waals surface area contributed by atoms with Gasteiger partial charge in [-0.05, 0) is 36.2 Å². The zero-order valence-electron chi connectivity index (χ0n) is 11.6. The number of nitrogens with zero attached hydrogens (tertiary/aromatic N) is 1. The SMILES string of the molecule is Cl.N[C@@H]1CCN(C(=O)c2ccc(-c3ccc(Cl)c(Cl)c3)s2)C1. The van der Waals surface area contributed by atoms with Gasteiger partial charge >= 0.3 is 0 Å². The molecule has 1 aliphatic heterocycles. The summed E-state index contributed by atoms with van der Waals surface area (Å²) in [5.74, 6) is 0.0549. The van der Waals surface area contributed by atoms with Crippen LogP contribution in [0.25, 0.3) is 10.4 Å². The maximum atomic E-state index is 12.4. The van der Waals surface area contributed by atoms with Crippen LogP contribution in [-0.2, 0) is 0 Å². The van der Waals surface area contributed by atoms with Gasteiger partial charge in [0.25, 0.3) is 5.91 Å². The van der Waals surface area contributed by atoms with Crippen LogP contribution in [0.15, 0.2) is 30.3 Å².